The number of aromatic amines is 1. The highest BCUT2D eigenvalue weighted by Gasteiger charge is 2.16. The molecule has 0 spiro atoms. The van der Waals surface area contributed by atoms with Gasteiger partial charge in [-0.2, -0.15) is 5.10 Å². The van der Waals surface area contributed by atoms with Gasteiger partial charge in [0.1, 0.15) is 18.1 Å². The predicted molar refractivity (Wildman–Crippen MR) is 87.3 cm³/mol. The van der Waals surface area contributed by atoms with Crippen LogP contribution in [0, 0.1) is 6.92 Å². The molecule has 1 N–H and O–H groups in total. The molecule has 2 aromatic heterocycles. The Kier molecular flexibility index (Phi) is 4.07. The van der Waals surface area contributed by atoms with Crippen LogP contribution in [0.3, 0.4) is 0 Å². The number of H-pyrrole nitrogens is 1. The van der Waals surface area contributed by atoms with Gasteiger partial charge >= 0.3 is 5.97 Å². The molecule has 24 heavy (non-hydrogen) atoms. The first-order valence-electron chi connectivity index (χ1n) is 7.40. The monoisotopic (exact) mass is 324 g/mol. The number of fused-ring (bicyclic) bond motifs is 1. The van der Waals surface area contributed by atoms with E-state index in [-0.39, 0.29) is 18.4 Å². The number of benzene rings is 1. The first kappa shape index (κ1) is 15.8. The van der Waals surface area contributed by atoms with Gasteiger partial charge in [0.15, 0.2) is 5.78 Å². The maximum atomic E-state index is 11.8. The molecule has 1 aromatic carbocycles. The van der Waals surface area contributed by atoms with Crippen LogP contribution in [-0.4, -0.2) is 31.9 Å². The highest BCUT2D eigenvalue weighted by Crippen LogP contribution is 2.29. The standard InChI is InChI=1S/C17H16N4O3/c1-9(22)16-15-5-12(14-6-18-10(2)19-7-14)4-13(8-24-11(3)23)17(15)21-20-16/h4-7H,8H2,1-3H3,(H,20,21). The van der Waals surface area contributed by atoms with E-state index < -0.39 is 0 Å². The van der Waals surface area contributed by atoms with Gasteiger partial charge in [0.25, 0.3) is 0 Å². The smallest absolute Gasteiger partial charge is 0.302 e. The quantitative estimate of drug-likeness (QED) is 0.585. The number of aryl methyl sites for hydroxylation is 1. The molecule has 0 amide bonds. The Hall–Kier alpha value is -3.09. The summed E-state index contributed by atoms with van der Waals surface area (Å²) < 4.78 is 5.11. The van der Waals surface area contributed by atoms with Crippen molar-refractivity contribution in [1.82, 2.24) is 20.2 Å². The molecule has 0 saturated heterocycles. The number of esters is 1. The Morgan fingerprint density at radius 2 is 1.83 bits per heavy atom. The molecule has 0 unspecified atom stereocenters. The normalized spacial score (nSPS) is 10.8. The molecule has 0 saturated carbocycles. The van der Waals surface area contributed by atoms with Crippen LogP contribution in [0.15, 0.2) is 24.5 Å². The molecule has 0 aliphatic rings. The van der Waals surface area contributed by atoms with Gasteiger partial charge in [-0.1, -0.05) is 0 Å². The number of carbonyl (C=O) groups is 2. The molecule has 2 heterocycles. The first-order chi connectivity index (χ1) is 11.5. The van der Waals surface area contributed by atoms with Gasteiger partial charge in [-0.25, -0.2) is 9.97 Å². The highest BCUT2D eigenvalue weighted by molar-refractivity contribution is 6.06. The molecule has 7 nitrogen and oxygen atoms in total. The van der Waals surface area contributed by atoms with Crippen LogP contribution in [0.1, 0.15) is 35.7 Å². The molecule has 0 radical (unpaired) electrons. The van der Waals surface area contributed by atoms with Crippen LogP contribution in [-0.2, 0) is 16.1 Å². The summed E-state index contributed by atoms with van der Waals surface area (Å²) in [6, 6.07) is 3.73. The Morgan fingerprint density at radius 3 is 2.46 bits per heavy atom. The van der Waals surface area contributed by atoms with Crippen molar-refractivity contribution >= 4 is 22.7 Å². The molecule has 3 aromatic rings. The minimum atomic E-state index is -0.380. The molecule has 122 valence electrons. The molecule has 0 atom stereocenters. The molecule has 0 aliphatic heterocycles. The van der Waals surface area contributed by atoms with E-state index in [1.165, 1.54) is 13.8 Å². The van der Waals surface area contributed by atoms with E-state index in [0.717, 1.165) is 11.1 Å². The zero-order valence-electron chi connectivity index (χ0n) is 13.6. The molecular formula is C17H16N4O3. The second-order valence-electron chi connectivity index (χ2n) is 5.49. The third kappa shape index (κ3) is 3.01. The highest BCUT2D eigenvalue weighted by atomic mass is 16.5. The number of Topliss-reactive ketones (excluding diaryl/α,β-unsaturated/α-hetero) is 1. The molecule has 0 fully saturated rings. The fourth-order valence-corrected chi connectivity index (χ4v) is 2.46. The third-order valence-corrected chi connectivity index (χ3v) is 3.63. The summed E-state index contributed by atoms with van der Waals surface area (Å²) in [4.78, 5) is 31.3. The molecular weight excluding hydrogens is 308 g/mol. The lowest BCUT2D eigenvalue weighted by atomic mass is 10.0. The topological polar surface area (TPSA) is 97.8 Å². The number of ether oxygens (including phenoxy) is 1. The lowest BCUT2D eigenvalue weighted by Gasteiger charge is -2.08. The second-order valence-corrected chi connectivity index (χ2v) is 5.49. The summed E-state index contributed by atoms with van der Waals surface area (Å²) in [6.45, 7) is 4.71. The maximum Gasteiger partial charge on any atom is 0.302 e. The van der Waals surface area contributed by atoms with Crippen molar-refractivity contribution in [2.45, 2.75) is 27.4 Å². The van der Waals surface area contributed by atoms with E-state index in [0.29, 0.717) is 28.0 Å². The maximum absolute atomic E-state index is 11.8. The first-order valence-corrected chi connectivity index (χ1v) is 7.40. The summed E-state index contributed by atoms with van der Waals surface area (Å²) in [7, 11) is 0. The van der Waals surface area contributed by atoms with E-state index in [1.54, 1.807) is 12.4 Å². The largest absolute Gasteiger partial charge is 0.461 e. The van der Waals surface area contributed by atoms with Crippen LogP contribution in [0.2, 0.25) is 0 Å². The number of ketones is 1. The third-order valence-electron chi connectivity index (χ3n) is 3.63. The van der Waals surface area contributed by atoms with Crippen molar-refractivity contribution < 1.29 is 14.3 Å². The van der Waals surface area contributed by atoms with Crippen LogP contribution < -0.4 is 0 Å². The Morgan fingerprint density at radius 1 is 1.12 bits per heavy atom. The molecule has 3 rings (SSSR count). The summed E-state index contributed by atoms with van der Waals surface area (Å²) >= 11 is 0. The van der Waals surface area contributed by atoms with Gasteiger partial charge in [0.05, 0.1) is 5.52 Å². The SMILES string of the molecule is CC(=O)OCc1cc(-c2cnc(C)nc2)cc2c(C(C)=O)[nH]nc12. The summed E-state index contributed by atoms with van der Waals surface area (Å²) in [5.41, 5.74) is 3.38. The van der Waals surface area contributed by atoms with E-state index >= 15 is 0 Å². The zero-order chi connectivity index (χ0) is 17.3. The zero-order valence-corrected chi connectivity index (χ0v) is 13.6. The van der Waals surface area contributed by atoms with Gasteiger partial charge < -0.3 is 4.74 Å². The predicted octanol–water partition coefficient (Wildman–Crippen LogP) is 2.59. The van der Waals surface area contributed by atoms with Gasteiger partial charge in [0.2, 0.25) is 0 Å². The Bertz CT molecular complexity index is 929. The van der Waals surface area contributed by atoms with Crippen LogP contribution in [0.5, 0.6) is 0 Å². The molecule has 0 bridgehead atoms. The van der Waals surface area contributed by atoms with Gasteiger partial charge in [-0.05, 0) is 24.6 Å². The number of rotatable bonds is 4. The van der Waals surface area contributed by atoms with E-state index in [9.17, 15) is 9.59 Å². The van der Waals surface area contributed by atoms with Crippen LogP contribution in [0.25, 0.3) is 22.0 Å². The lowest BCUT2D eigenvalue weighted by Crippen LogP contribution is -2.00. The average molecular weight is 324 g/mol. The summed E-state index contributed by atoms with van der Waals surface area (Å²) in [6.07, 6.45) is 3.43. The van der Waals surface area contributed by atoms with Gasteiger partial charge in [0, 0.05) is 42.8 Å². The summed E-state index contributed by atoms with van der Waals surface area (Å²) in [5.74, 6) is 0.176. The van der Waals surface area contributed by atoms with Crippen molar-refractivity contribution in [2.75, 3.05) is 0 Å². The minimum absolute atomic E-state index is 0.0780. The number of aromatic nitrogens is 4. The lowest BCUT2D eigenvalue weighted by molar-refractivity contribution is -0.142. The van der Waals surface area contributed by atoms with Gasteiger partial charge in [-0.3, -0.25) is 14.7 Å². The number of nitrogens with one attached hydrogen (secondary N) is 1. The van der Waals surface area contributed by atoms with E-state index in [4.69, 9.17) is 4.74 Å². The number of hydrogen-bond donors (Lipinski definition) is 1. The van der Waals surface area contributed by atoms with Crippen molar-refractivity contribution in [3.63, 3.8) is 0 Å². The second kappa shape index (κ2) is 6.19. The van der Waals surface area contributed by atoms with E-state index in [2.05, 4.69) is 20.2 Å². The van der Waals surface area contributed by atoms with Crippen LogP contribution in [0.4, 0.5) is 0 Å². The Labute approximate surface area is 138 Å². The van der Waals surface area contributed by atoms with Crippen LogP contribution >= 0.6 is 0 Å². The molecule has 0 aliphatic carbocycles. The number of hydrogen-bond acceptors (Lipinski definition) is 6. The summed E-state index contributed by atoms with van der Waals surface area (Å²) in [5, 5.41) is 7.64. The minimum Gasteiger partial charge on any atom is -0.461 e. The van der Waals surface area contributed by atoms with Crippen molar-refractivity contribution in [3.05, 3.63) is 41.6 Å². The van der Waals surface area contributed by atoms with E-state index in [1.807, 2.05) is 19.1 Å². The van der Waals surface area contributed by atoms with Crippen molar-refractivity contribution in [1.29, 1.82) is 0 Å². The van der Waals surface area contributed by atoms with Crippen molar-refractivity contribution in [2.24, 2.45) is 0 Å². The Balaban J connectivity index is 2.18. The average Bonchev–Trinajstić information content (AvgIpc) is 2.97. The fraction of sp³-hybridized carbons (Fsp3) is 0.235. The molecule has 7 heteroatoms. The van der Waals surface area contributed by atoms with Gasteiger partial charge in [-0.15, -0.1) is 0 Å². The number of nitrogens with zero attached hydrogens (tertiary/aromatic N) is 3. The fourth-order valence-electron chi connectivity index (χ4n) is 2.46. The van der Waals surface area contributed by atoms with Crippen molar-refractivity contribution in [3.8, 4) is 11.1 Å². The number of carbonyl (C=O) groups excluding carboxylic acids is 2.